The van der Waals surface area contributed by atoms with Gasteiger partial charge >= 0.3 is 6.03 Å². The number of amides is 4. The lowest BCUT2D eigenvalue weighted by molar-refractivity contribution is -0.135. The average molecular weight is 377 g/mol. The standard InChI is InChI=1S/C17H19N3O5S/c21-14(18-12-6-8-26(24,25)10-12)9-20-15(22)17(19-16(20)23)7-5-11-3-1-2-4-13(11)17/h1-4,12H,5-10H2,(H,18,21)(H,19,23). The lowest BCUT2D eigenvalue weighted by atomic mass is 9.92. The molecule has 3 aliphatic rings. The summed E-state index contributed by atoms with van der Waals surface area (Å²) >= 11 is 0. The molecular weight excluding hydrogens is 358 g/mol. The van der Waals surface area contributed by atoms with Crippen molar-refractivity contribution in [2.75, 3.05) is 18.1 Å². The van der Waals surface area contributed by atoms with Crippen molar-refractivity contribution in [3.05, 3.63) is 35.4 Å². The van der Waals surface area contributed by atoms with Gasteiger partial charge in [-0.1, -0.05) is 24.3 Å². The minimum atomic E-state index is -3.12. The molecule has 1 aliphatic carbocycles. The fraction of sp³-hybridized carbons (Fsp3) is 0.471. The molecule has 0 saturated carbocycles. The fourth-order valence-electron chi connectivity index (χ4n) is 4.06. The molecule has 2 N–H and O–H groups in total. The van der Waals surface area contributed by atoms with E-state index in [0.717, 1.165) is 16.0 Å². The summed E-state index contributed by atoms with van der Waals surface area (Å²) in [6.07, 6.45) is 1.50. The van der Waals surface area contributed by atoms with Crippen LogP contribution in [-0.2, 0) is 31.4 Å². The van der Waals surface area contributed by atoms with Crippen LogP contribution in [0.2, 0.25) is 0 Å². The summed E-state index contributed by atoms with van der Waals surface area (Å²) < 4.78 is 23.0. The Hall–Kier alpha value is -2.42. The van der Waals surface area contributed by atoms with E-state index in [2.05, 4.69) is 10.6 Å². The van der Waals surface area contributed by atoms with Gasteiger partial charge < -0.3 is 10.6 Å². The third-order valence-electron chi connectivity index (χ3n) is 5.32. The first-order valence-corrected chi connectivity index (χ1v) is 10.4. The minimum absolute atomic E-state index is 0.0426. The summed E-state index contributed by atoms with van der Waals surface area (Å²) in [6, 6.07) is 6.41. The molecule has 1 aromatic rings. The highest BCUT2D eigenvalue weighted by Gasteiger charge is 2.55. The number of fused-ring (bicyclic) bond motifs is 2. The minimum Gasteiger partial charge on any atom is -0.351 e. The second-order valence-corrected chi connectivity index (χ2v) is 9.28. The van der Waals surface area contributed by atoms with Gasteiger partial charge in [0.1, 0.15) is 12.1 Å². The van der Waals surface area contributed by atoms with Gasteiger partial charge in [-0.15, -0.1) is 0 Å². The summed E-state index contributed by atoms with van der Waals surface area (Å²) in [5, 5.41) is 5.37. The van der Waals surface area contributed by atoms with Crippen LogP contribution in [0.3, 0.4) is 0 Å². The van der Waals surface area contributed by atoms with E-state index in [-0.39, 0.29) is 11.5 Å². The molecule has 8 nitrogen and oxygen atoms in total. The van der Waals surface area contributed by atoms with Gasteiger partial charge in [0.15, 0.2) is 9.84 Å². The normalized spacial score (nSPS) is 29.1. The second kappa shape index (κ2) is 5.80. The number of imide groups is 1. The number of benzene rings is 1. The molecule has 2 heterocycles. The van der Waals surface area contributed by atoms with Crippen molar-refractivity contribution < 1.29 is 22.8 Å². The SMILES string of the molecule is O=C(CN1C(=O)NC2(CCc3ccccc32)C1=O)NC1CCS(=O)(=O)C1. The summed E-state index contributed by atoms with van der Waals surface area (Å²) in [5.74, 6) is -1.02. The van der Waals surface area contributed by atoms with E-state index >= 15 is 0 Å². The largest absolute Gasteiger partial charge is 0.351 e. The van der Waals surface area contributed by atoms with Crippen molar-refractivity contribution >= 4 is 27.7 Å². The molecule has 4 amide bonds. The van der Waals surface area contributed by atoms with Crippen LogP contribution in [-0.4, -0.2) is 55.3 Å². The van der Waals surface area contributed by atoms with Crippen LogP contribution in [0, 0.1) is 0 Å². The van der Waals surface area contributed by atoms with Gasteiger partial charge in [0, 0.05) is 6.04 Å². The summed E-state index contributed by atoms with van der Waals surface area (Å²) in [4.78, 5) is 38.4. The number of carbonyl (C=O) groups is 3. The Morgan fingerprint density at radius 2 is 2.08 bits per heavy atom. The van der Waals surface area contributed by atoms with E-state index in [1.807, 2.05) is 24.3 Å². The predicted octanol–water partition coefficient (Wildman–Crippen LogP) is -0.317. The monoisotopic (exact) mass is 377 g/mol. The summed E-state index contributed by atoms with van der Waals surface area (Å²) in [6.45, 7) is -0.412. The summed E-state index contributed by atoms with van der Waals surface area (Å²) in [7, 11) is -3.12. The number of urea groups is 1. The molecule has 2 saturated heterocycles. The van der Waals surface area contributed by atoms with Crippen molar-refractivity contribution in [2.24, 2.45) is 0 Å². The van der Waals surface area contributed by atoms with Crippen molar-refractivity contribution in [1.29, 1.82) is 0 Å². The van der Waals surface area contributed by atoms with Crippen molar-refractivity contribution in [3.8, 4) is 0 Å². The van der Waals surface area contributed by atoms with Gasteiger partial charge in [0.05, 0.1) is 11.5 Å². The van der Waals surface area contributed by atoms with Crippen molar-refractivity contribution in [3.63, 3.8) is 0 Å². The number of sulfone groups is 1. The highest BCUT2D eigenvalue weighted by atomic mass is 32.2. The Kier molecular flexibility index (Phi) is 3.80. The number of aryl methyl sites for hydroxylation is 1. The Bertz CT molecular complexity index is 913. The fourth-order valence-corrected chi connectivity index (χ4v) is 5.73. The smallest absolute Gasteiger partial charge is 0.325 e. The average Bonchev–Trinajstić information content (AvgIpc) is 3.19. The van der Waals surface area contributed by atoms with Gasteiger partial charge in [0.25, 0.3) is 5.91 Å². The molecule has 2 aliphatic heterocycles. The number of carbonyl (C=O) groups excluding carboxylic acids is 3. The molecule has 26 heavy (non-hydrogen) atoms. The lowest BCUT2D eigenvalue weighted by Crippen LogP contribution is -2.46. The van der Waals surface area contributed by atoms with E-state index in [1.54, 1.807) is 0 Å². The molecule has 1 aromatic carbocycles. The van der Waals surface area contributed by atoms with Gasteiger partial charge in [-0.25, -0.2) is 13.2 Å². The summed E-state index contributed by atoms with van der Waals surface area (Å²) in [5.41, 5.74) is 0.705. The van der Waals surface area contributed by atoms with E-state index < -0.39 is 45.8 Å². The highest BCUT2D eigenvalue weighted by molar-refractivity contribution is 7.91. The third-order valence-corrected chi connectivity index (χ3v) is 7.09. The Balaban J connectivity index is 1.48. The molecular formula is C17H19N3O5S. The maximum atomic E-state index is 12.9. The quantitative estimate of drug-likeness (QED) is 0.701. The molecule has 0 aromatic heterocycles. The van der Waals surface area contributed by atoms with Crippen LogP contribution in [0.1, 0.15) is 24.0 Å². The topological polar surface area (TPSA) is 113 Å². The number of hydrogen-bond donors (Lipinski definition) is 2. The van der Waals surface area contributed by atoms with E-state index in [1.165, 1.54) is 0 Å². The molecule has 2 atom stereocenters. The van der Waals surface area contributed by atoms with Crippen LogP contribution >= 0.6 is 0 Å². The van der Waals surface area contributed by atoms with Crippen LogP contribution in [0.5, 0.6) is 0 Å². The first-order chi connectivity index (χ1) is 12.3. The van der Waals surface area contributed by atoms with Gasteiger partial charge in [-0.3, -0.25) is 14.5 Å². The van der Waals surface area contributed by atoms with E-state index in [4.69, 9.17) is 0 Å². The highest BCUT2D eigenvalue weighted by Crippen LogP contribution is 2.41. The zero-order valence-electron chi connectivity index (χ0n) is 14.0. The second-order valence-electron chi connectivity index (χ2n) is 7.05. The van der Waals surface area contributed by atoms with Crippen molar-refractivity contribution in [2.45, 2.75) is 30.8 Å². The molecule has 138 valence electrons. The molecule has 2 unspecified atom stereocenters. The van der Waals surface area contributed by atoms with E-state index in [0.29, 0.717) is 19.3 Å². The van der Waals surface area contributed by atoms with Crippen LogP contribution in [0.25, 0.3) is 0 Å². The molecule has 0 bridgehead atoms. The maximum absolute atomic E-state index is 12.9. The van der Waals surface area contributed by atoms with Crippen LogP contribution in [0.15, 0.2) is 24.3 Å². The molecule has 0 radical (unpaired) electrons. The zero-order valence-corrected chi connectivity index (χ0v) is 14.8. The molecule has 4 rings (SSSR count). The molecule has 9 heteroatoms. The molecule has 2 fully saturated rings. The Morgan fingerprint density at radius 1 is 1.31 bits per heavy atom. The first-order valence-electron chi connectivity index (χ1n) is 8.53. The van der Waals surface area contributed by atoms with Crippen LogP contribution in [0.4, 0.5) is 4.79 Å². The predicted molar refractivity (Wildman–Crippen MR) is 91.9 cm³/mol. The Morgan fingerprint density at radius 3 is 2.81 bits per heavy atom. The van der Waals surface area contributed by atoms with Crippen molar-refractivity contribution in [1.82, 2.24) is 15.5 Å². The number of rotatable bonds is 3. The maximum Gasteiger partial charge on any atom is 0.325 e. The number of nitrogens with zero attached hydrogens (tertiary/aromatic N) is 1. The van der Waals surface area contributed by atoms with E-state index in [9.17, 15) is 22.8 Å². The van der Waals surface area contributed by atoms with Gasteiger partial charge in [-0.2, -0.15) is 0 Å². The lowest BCUT2D eigenvalue weighted by Gasteiger charge is -2.22. The van der Waals surface area contributed by atoms with Gasteiger partial charge in [-0.05, 0) is 30.4 Å². The van der Waals surface area contributed by atoms with Crippen LogP contribution < -0.4 is 10.6 Å². The van der Waals surface area contributed by atoms with Gasteiger partial charge in [0.2, 0.25) is 5.91 Å². The number of nitrogens with one attached hydrogen (secondary N) is 2. The molecule has 1 spiro atoms. The Labute approximate surface area is 150 Å². The number of hydrogen-bond acceptors (Lipinski definition) is 5. The zero-order chi connectivity index (χ0) is 18.5. The third kappa shape index (κ3) is 2.66. The first kappa shape index (κ1) is 17.0.